The van der Waals surface area contributed by atoms with Gasteiger partial charge in [-0.1, -0.05) is 12.1 Å². The molecule has 1 aliphatic carbocycles. The summed E-state index contributed by atoms with van der Waals surface area (Å²) in [5.74, 6) is -0.573. The smallest absolute Gasteiger partial charge is 0.337 e. The molecule has 0 amide bonds. The highest BCUT2D eigenvalue weighted by Crippen LogP contribution is 2.29. The number of pyridine rings is 1. The number of hydrogen-bond donors (Lipinski definition) is 0. The molecule has 1 aromatic carbocycles. The van der Waals surface area contributed by atoms with E-state index in [4.69, 9.17) is 0 Å². The molecule has 0 saturated carbocycles. The van der Waals surface area contributed by atoms with E-state index < -0.39 is 15.8 Å². The standard InChI is InChI=1S/C19H19NO4S/c1-24-19(21)15-8-5-9-17(10-15)25(22,23)18-11-16(12-20-13-18)14-6-3-2-4-7-14/h5-6,8-13H,2-4,7H2,1H3. The Hall–Kier alpha value is -2.47. The fourth-order valence-electron chi connectivity index (χ4n) is 2.89. The van der Waals surface area contributed by atoms with Gasteiger partial charge in [-0.25, -0.2) is 13.2 Å². The maximum Gasteiger partial charge on any atom is 0.337 e. The zero-order valence-corrected chi connectivity index (χ0v) is 14.8. The van der Waals surface area contributed by atoms with Gasteiger partial charge in [-0.15, -0.1) is 0 Å². The van der Waals surface area contributed by atoms with Crippen LogP contribution < -0.4 is 0 Å². The first kappa shape index (κ1) is 17.4. The number of carbonyl (C=O) groups is 1. The number of esters is 1. The lowest BCUT2D eigenvalue weighted by atomic mass is 9.95. The normalized spacial score (nSPS) is 14.7. The summed E-state index contributed by atoms with van der Waals surface area (Å²) in [5.41, 5.74) is 2.17. The van der Waals surface area contributed by atoms with E-state index >= 15 is 0 Å². The van der Waals surface area contributed by atoms with E-state index in [-0.39, 0.29) is 15.4 Å². The van der Waals surface area contributed by atoms with Crippen LogP contribution in [0.1, 0.15) is 41.6 Å². The molecule has 0 fully saturated rings. The molecule has 0 atom stereocenters. The van der Waals surface area contributed by atoms with E-state index in [2.05, 4.69) is 15.8 Å². The molecule has 3 rings (SSSR count). The third kappa shape index (κ3) is 3.64. The Kier molecular flexibility index (Phi) is 4.99. The number of sulfone groups is 1. The predicted octanol–water partition coefficient (Wildman–Crippen LogP) is 3.66. The first-order chi connectivity index (χ1) is 12.0. The molecule has 0 radical (unpaired) electrons. The second-order valence-corrected chi connectivity index (χ2v) is 7.86. The molecule has 5 nitrogen and oxygen atoms in total. The molecule has 0 unspecified atom stereocenters. The average Bonchev–Trinajstić information content (AvgIpc) is 2.68. The van der Waals surface area contributed by atoms with Crippen LogP contribution in [0.2, 0.25) is 0 Å². The highest BCUT2D eigenvalue weighted by molar-refractivity contribution is 7.91. The molecular weight excluding hydrogens is 338 g/mol. The number of rotatable bonds is 4. The number of nitrogens with zero attached hydrogens (tertiary/aromatic N) is 1. The summed E-state index contributed by atoms with van der Waals surface area (Å²) < 4.78 is 30.5. The molecule has 2 aromatic rings. The Morgan fingerprint density at radius 1 is 1.12 bits per heavy atom. The number of carbonyl (C=O) groups excluding carboxylic acids is 1. The largest absolute Gasteiger partial charge is 0.465 e. The van der Waals surface area contributed by atoms with Gasteiger partial charge in [-0.2, -0.15) is 0 Å². The van der Waals surface area contributed by atoms with Gasteiger partial charge >= 0.3 is 5.97 Å². The molecule has 1 aromatic heterocycles. The van der Waals surface area contributed by atoms with Crippen LogP contribution in [0.3, 0.4) is 0 Å². The second kappa shape index (κ2) is 7.19. The highest BCUT2D eigenvalue weighted by Gasteiger charge is 2.21. The summed E-state index contributed by atoms with van der Waals surface area (Å²) in [6, 6.07) is 7.50. The third-order valence-corrected chi connectivity index (χ3v) is 5.97. The van der Waals surface area contributed by atoms with Crippen LogP contribution >= 0.6 is 0 Å². The molecule has 0 bridgehead atoms. The summed E-state index contributed by atoms with van der Waals surface area (Å²) in [5, 5.41) is 0. The maximum atomic E-state index is 12.9. The number of benzene rings is 1. The molecule has 0 saturated heterocycles. The number of hydrogen-bond acceptors (Lipinski definition) is 5. The Morgan fingerprint density at radius 2 is 1.96 bits per heavy atom. The molecule has 0 aliphatic heterocycles. The minimum absolute atomic E-state index is 0.0481. The summed E-state index contributed by atoms with van der Waals surface area (Å²) in [6.07, 6.45) is 9.39. The molecule has 1 heterocycles. The third-order valence-electron chi connectivity index (χ3n) is 4.25. The van der Waals surface area contributed by atoms with Gasteiger partial charge < -0.3 is 4.74 Å². The van der Waals surface area contributed by atoms with Gasteiger partial charge in [0, 0.05) is 12.4 Å². The number of ether oxygens (including phenoxy) is 1. The molecule has 6 heteroatoms. The van der Waals surface area contributed by atoms with Crippen molar-refractivity contribution in [2.45, 2.75) is 35.5 Å². The van der Waals surface area contributed by atoms with Gasteiger partial charge in [0.15, 0.2) is 0 Å². The van der Waals surface area contributed by atoms with Gasteiger partial charge in [-0.3, -0.25) is 4.98 Å². The summed E-state index contributed by atoms with van der Waals surface area (Å²) in [4.78, 5) is 15.9. The van der Waals surface area contributed by atoms with Crippen molar-refractivity contribution in [3.05, 3.63) is 59.9 Å². The van der Waals surface area contributed by atoms with Gasteiger partial charge in [-0.05, 0) is 61.1 Å². The van der Waals surface area contributed by atoms with E-state index in [9.17, 15) is 13.2 Å². The molecule has 25 heavy (non-hydrogen) atoms. The van der Waals surface area contributed by atoms with Gasteiger partial charge in [0.25, 0.3) is 0 Å². The zero-order chi connectivity index (χ0) is 17.9. The van der Waals surface area contributed by atoms with Crippen LogP contribution in [0.5, 0.6) is 0 Å². The Balaban J connectivity index is 2.00. The predicted molar refractivity (Wildman–Crippen MR) is 93.9 cm³/mol. The minimum atomic E-state index is -3.76. The molecule has 0 N–H and O–H groups in total. The quantitative estimate of drug-likeness (QED) is 0.781. The molecular formula is C19H19NO4S. The SMILES string of the molecule is COC(=O)c1cccc(S(=O)(=O)c2cncc(C3=CCCCC3)c2)c1. The van der Waals surface area contributed by atoms with Crippen LogP contribution in [-0.4, -0.2) is 26.5 Å². The lowest BCUT2D eigenvalue weighted by Crippen LogP contribution is -2.07. The van der Waals surface area contributed by atoms with Crippen molar-refractivity contribution >= 4 is 21.4 Å². The van der Waals surface area contributed by atoms with E-state index in [1.165, 1.54) is 37.6 Å². The number of aromatic nitrogens is 1. The minimum Gasteiger partial charge on any atom is -0.465 e. The number of allylic oxidation sites excluding steroid dienone is 2. The molecule has 130 valence electrons. The van der Waals surface area contributed by atoms with Crippen LogP contribution in [0.4, 0.5) is 0 Å². The van der Waals surface area contributed by atoms with Crippen molar-refractivity contribution in [3.63, 3.8) is 0 Å². The van der Waals surface area contributed by atoms with Crippen molar-refractivity contribution in [3.8, 4) is 0 Å². The average molecular weight is 357 g/mol. The van der Waals surface area contributed by atoms with Crippen LogP contribution in [0, 0.1) is 0 Å². The van der Waals surface area contributed by atoms with Crippen molar-refractivity contribution in [1.29, 1.82) is 0 Å². The molecule has 1 aliphatic rings. The Morgan fingerprint density at radius 3 is 2.68 bits per heavy atom. The van der Waals surface area contributed by atoms with Gasteiger partial charge in [0.05, 0.1) is 22.5 Å². The lowest BCUT2D eigenvalue weighted by Gasteiger charge is -2.13. The topological polar surface area (TPSA) is 73.3 Å². The van der Waals surface area contributed by atoms with Crippen molar-refractivity contribution < 1.29 is 17.9 Å². The zero-order valence-electron chi connectivity index (χ0n) is 13.9. The van der Waals surface area contributed by atoms with Crippen molar-refractivity contribution in [2.24, 2.45) is 0 Å². The van der Waals surface area contributed by atoms with E-state index in [1.54, 1.807) is 12.3 Å². The first-order valence-electron chi connectivity index (χ1n) is 8.10. The van der Waals surface area contributed by atoms with E-state index in [0.29, 0.717) is 0 Å². The first-order valence-corrected chi connectivity index (χ1v) is 9.58. The Bertz CT molecular complexity index is 932. The number of methoxy groups -OCH3 is 1. The van der Waals surface area contributed by atoms with Crippen LogP contribution in [-0.2, 0) is 14.6 Å². The van der Waals surface area contributed by atoms with Crippen LogP contribution in [0.25, 0.3) is 5.57 Å². The Labute approximate surface area is 147 Å². The molecule has 0 spiro atoms. The lowest BCUT2D eigenvalue weighted by molar-refractivity contribution is 0.0600. The highest BCUT2D eigenvalue weighted by atomic mass is 32.2. The van der Waals surface area contributed by atoms with Crippen molar-refractivity contribution in [1.82, 2.24) is 4.98 Å². The van der Waals surface area contributed by atoms with Crippen LogP contribution in [0.15, 0.2) is 58.6 Å². The van der Waals surface area contributed by atoms with E-state index in [0.717, 1.165) is 36.8 Å². The monoisotopic (exact) mass is 357 g/mol. The second-order valence-electron chi connectivity index (χ2n) is 5.91. The van der Waals surface area contributed by atoms with Crippen molar-refractivity contribution in [2.75, 3.05) is 7.11 Å². The van der Waals surface area contributed by atoms with E-state index in [1.807, 2.05) is 0 Å². The summed E-state index contributed by atoms with van der Waals surface area (Å²) >= 11 is 0. The fraction of sp³-hybridized carbons (Fsp3) is 0.263. The summed E-state index contributed by atoms with van der Waals surface area (Å²) in [7, 11) is -2.50. The van der Waals surface area contributed by atoms with Gasteiger partial charge in [0.1, 0.15) is 0 Å². The summed E-state index contributed by atoms with van der Waals surface area (Å²) in [6.45, 7) is 0. The fourth-order valence-corrected chi connectivity index (χ4v) is 4.18. The van der Waals surface area contributed by atoms with Gasteiger partial charge in [0.2, 0.25) is 9.84 Å². The maximum absolute atomic E-state index is 12.9.